The third-order valence-corrected chi connectivity index (χ3v) is 9.82. The van der Waals surface area contributed by atoms with Gasteiger partial charge in [-0.25, -0.2) is 0 Å². The second-order valence-electron chi connectivity index (χ2n) is 13.5. The van der Waals surface area contributed by atoms with Crippen molar-refractivity contribution in [3.05, 3.63) is 82.2 Å². The van der Waals surface area contributed by atoms with Crippen molar-refractivity contribution in [1.29, 1.82) is 0 Å². The van der Waals surface area contributed by atoms with Gasteiger partial charge in [-0.2, -0.15) is 0 Å². The molecule has 3 aliphatic rings. The number of benzene rings is 2. The number of nitrogens with two attached hydrogens (primary N) is 2. The van der Waals surface area contributed by atoms with Crippen LogP contribution in [0.5, 0.6) is 11.5 Å². The number of aromatic hydroxyl groups is 1. The quantitative estimate of drug-likeness (QED) is 0.0845. The minimum atomic E-state index is -1.02. The molecule has 49 heavy (non-hydrogen) atoms. The number of fused-ring (bicyclic) bond motifs is 2. The van der Waals surface area contributed by atoms with Crippen LogP contribution in [-0.4, -0.2) is 50.6 Å². The number of rotatable bonds is 16. The number of nitrogens with zero attached hydrogens (tertiary/aromatic N) is 2. The molecule has 0 spiro atoms. The molecule has 2 aromatic carbocycles. The van der Waals surface area contributed by atoms with Crippen LogP contribution in [-0.2, 0) is 17.6 Å². The number of hydrogen-bond donors (Lipinski definition) is 5. The van der Waals surface area contributed by atoms with Crippen LogP contribution < -0.4 is 16.2 Å². The zero-order valence-corrected chi connectivity index (χ0v) is 28.9. The second-order valence-corrected chi connectivity index (χ2v) is 13.5. The summed E-state index contributed by atoms with van der Waals surface area (Å²) in [6, 6.07) is 10.8. The third-order valence-electron chi connectivity index (χ3n) is 9.82. The summed E-state index contributed by atoms with van der Waals surface area (Å²) in [6.45, 7) is 4.79. The fourth-order valence-electron chi connectivity index (χ4n) is 6.87. The van der Waals surface area contributed by atoms with E-state index in [0.29, 0.717) is 50.0 Å². The molecular formula is C40H52N4O5. The molecule has 3 heterocycles. The van der Waals surface area contributed by atoms with E-state index in [4.69, 9.17) is 16.2 Å². The van der Waals surface area contributed by atoms with Gasteiger partial charge in [0.15, 0.2) is 17.7 Å². The predicted octanol–water partition coefficient (Wildman–Crippen LogP) is 5.87. The molecule has 0 saturated carbocycles. The molecule has 0 fully saturated rings. The Bertz CT molecular complexity index is 1630. The van der Waals surface area contributed by atoms with Crippen molar-refractivity contribution in [3.8, 4) is 23.3 Å². The molecule has 262 valence electrons. The Hall–Kier alpha value is -3.94. The van der Waals surface area contributed by atoms with Crippen molar-refractivity contribution in [2.75, 3.05) is 6.54 Å². The normalized spacial score (nSPS) is 19.5. The van der Waals surface area contributed by atoms with Gasteiger partial charge in [-0.15, -0.1) is 0 Å². The topological polar surface area (TPSA) is 155 Å². The lowest BCUT2D eigenvalue weighted by Crippen LogP contribution is -2.35. The fourth-order valence-corrected chi connectivity index (χ4v) is 6.87. The summed E-state index contributed by atoms with van der Waals surface area (Å²) < 4.78 is 6.45. The van der Waals surface area contributed by atoms with Gasteiger partial charge >= 0.3 is 0 Å². The number of Topliss-reactive ketones (excluding diaryl/α,β-unsaturated/α-hetero) is 1. The van der Waals surface area contributed by atoms with Crippen molar-refractivity contribution in [3.63, 3.8) is 0 Å². The van der Waals surface area contributed by atoms with E-state index in [-0.39, 0.29) is 23.9 Å². The number of hydrogen-bond acceptors (Lipinski definition) is 9. The highest BCUT2D eigenvalue weighted by atomic mass is 16.5. The largest absolute Gasteiger partial charge is 0.504 e. The number of aliphatic imine (C=N–C) groups is 1. The monoisotopic (exact) mass is 668 g/mol. The molecule has 0 radical (unpaired) electrons. The molecular weight excluding hydrogens is 616 g/mol. The lowest BCUT2D eigenvalue weighted by Gasteiger charge is -2.27. The van der Waals surface area contributed by atoms with Gasteiger partial charge in [0.05, 0.1) is 30.9 Å². The van der Waals surface area contributed by atoms with Gasteiger partial charge in [-0.1, -0.05) is 88.5 Å². The Kier molecular flexibility index (Phi) is 12.7. The van der Waals surface area contributed by atoms with Crippen molar-refractivity contribution in [2.45, 2.75) is 115 Å². The van der Waals surface area contributed by atoms with Crippen LogP contribution in [0.1, 0.15) is 113 Å². The van der Waals surface area contributed by atoms with Gasteiger partial charge in [0, 0.05) is 36.7 Å². The van der Waals surface area contributed by atoms with Gasteiger partial charge in [0.1, 0.15) is 11.9 Å². The fraction of sp³-hybridized carbons (Fsp3) is 0.500. The number of allylic oxidation sites excluding steroid dienone is 1. The molecule has 2 aromatic rings. The Morgan fingerprint density at radius 1 is 1.08 bits per heavy atom. The van der Waals surface area contributed by atoms with Crippen LogP contribution in [0, 0.1) is 17.8 Å². The molecule has 0 aliphatic carbocycles. The number of carbonyl (C=O) groups is 1. The second kappa shape index (κ2) is 17.1. The van der Waals surface area contributed by atoms with Crippen molar-refractivity contribution in [2.24, 2.45) is 22.4 Å². The number of ketones is 1. The molecule has 0 unspecified atom stereocenters. The lowest BCUT2D eigenvalue weighted by atomic mass is 9.86. The first kappa shape index (κ1) is 36.3. The zero-order chi connectivity index (χ0) is 34.9. The molecule has 5 rings (SSSR count). The standard InChI is InChI=1S/C40H52N4O5/c1-3-5-7-10-31(35(46)11-8-6-4-2)36(47)18-14-26-15-19-37(48)38(20-26)49-39-13-9-12-34(45)30-17-16-27(40(41)42)21-28(30)22-29-23-43-33-25-44(39)24-32(29)33/h15-17,19-21,23-24,31,34-35,39-40,45-46,48H,3-8,10-11,13-14,18,22,25,41-42H2,1-2H3/t31-,34+,35-,39+/m1/s1. The Balaban J connectivity index is 1.32. The van der Waals surface area contributed by atoms with Gasteiger partial charge in [-0.3, -0.25) is 9.79 Å². The maximum absolute atomic E-state index is 13.4. The molecule has 9 nitrogen and oxygen atoms in total. The number of unbranched alkanes of at least 4 members (excludes halogenated alkanes) is 4. The number of phenolic OH excluding ortho intramolecular Hbond substituents is 1. The van der Waals surface area contributed by atoms with E-state index >= 15 is 0 Å². The van der Waals surface area contributed by atoms with E-state index in [1.54, 1.807) is 12.1 Å². The summed E-state index contributed by atoms with van der Waals surface area (Å²) in [5.74, 6) is 6.13. The summed E-state index contributed by atoms with van der Waals surface area (Å²) in [5.41, 5.74) is 18.1. The SMILES string of the molecule is CCCCC[C@@H](O)[C@@H](CCCCC)C(=O)CCc1ccc(O)c(O[C@H]2CC#C[C@H](O)c3ccc(C(N)N)cc3CC3=CN=C4CN2C=C34)c1. The number of aliphatic hydroxyl groups excluding tert-OH is 2. The van der Waals surface area contributed by atoms with Crippen LogP contribution in [0.2, 0.25) is 0 Å². The molecule has 4 atom stereocenters. The number of aryl methyl sites for hydroxylation is 1. The van der Waals surface area contributed by atoms with Crippen LogP contribution in [0.15, 0.2) is 64.9 Å². The summed E-state index contributed by atoms with van der Waals surface area (Å²) in [4.78, 5) is 20.1. The van der Waals surface area contributed by atoms with E-state index in [9.17, 15) is 20.1 Å². The van der Waals surface area contributed by atoms with E-state index in [0.717, 1.165) is 72.1 Å². The summed E-state index contributed by atoms with van der Waals surface area (Å²) >= 11 is 0. The highest BCUT2D eigenvalue weighted by Crippen LogP contribution is 2.35. The van der Waals surface area contributed by atoms with Gasteiger partial charge in [0.25, 0.3) is 0 Å². The highest BCUT2D eigenvalue weighted by molar-refractivity contribution is 6.09. The van der Waals surface area contributed by atoms with Crippen molar-refractivity contribution < 1.29 is 24.9 Å². The van der Waals surface area contributed by atoms with Crippen molar-refractivity contribution >= 4 is 11.5 Å². The Morgan fingerprint density at radius 2 is 1.86 bits per heavy atom. The van der Waals surface area contributed by atoms with Crippen LogP contribution in [0.3, 0.4) is 0 Å². The maximum Gasteiger partial charge on any atom is 0.183 e. The summed E-state index contributed by atoms with van der Waals surface area (Å²) in [5, 5.41) is 32.9. The summed E-state index contributed by atoms with van der Waals surface area (Å²) in [7, 11) is 0. The third kappa shape index (κ3) is 9.20. The minimum Gasteiger partial charge on any atom is -0.504 e. The smallest absolute Gasteiger partial charge is 0.183 e. The van der Waals surface area contributed by atoms with Crippen LogP contribution in [0.4, 0.5) is 0 Å². The minimum absolute atomic E-state index is 0.00853. The van der Waals surface area contributed by atoms with Gasteiger partial charge < -0.3 is 36.4 Å². The molecule has 0 amide bonds. The Morgan fingerprint density at radius 3 is 2.61 bits per heavy atom. The molecule has 3 aliphatic heterocycles. The van der Waals surface area contributed by atoms with Gasteiger partial charge in [0.2, 0.25) is 0 Å². The molecule has 0 saturated heterocycles. The molecule has 9 heteroatoms. The highest BCUT2D eigenvalue weighted by Gasteiger charge is 2.32. The zero-order valence-electron chi connectivity index (χ0n) is 28.9. The van der Waals surface area contributed by atoms with Crippen LogP contribution >= 0.6 is 0 Å². The molecule has 2 bridgehead atoms. The number of aliphatic hydroxyl groups is 2. The van der Waals surface area contributed by atoms with Crippen LogP contribution in [0.25, 0.3) is 0 Å². The predicted molar refractivity (Wildman–Crippen MR) is 193 cm³/mol. The van der Waals surface area contributed by atoms with E-state index in [1.165, 1.54) is 0 Å². The van der Waals surface area contributed by atoms with Crippen molar-refractivity contribution in [1.82, 2.24) is 4.90 Å². The first-order valence-corrected chi connectivity index (χ1v) is 17.9. The average Bonchev–Trinajstić information content (AvgIpc) is 3.67. The summed E-state index contributed by atoms with van der Waals surface area (Å²) in [6.07, 6.45) is 10.1. The lowest BCUT2D eigenvalue weighted by molar-refractivity contribution is -0.126. The van der Waals surface area contributed by atoms with Gasteiger partial charge in [-0.05, 0) is 59.2 Å². The maximum atomic E-state index is 13.4. The Labute approximate surface area is 290 Å². The first-order chi connectivity index (χ1) is 23.7. The first-order valence-electron chi connectivity index (χ1n) is 17.9. The molecule has 0 aromatic heterocycles. The van der Waals surface area contributed by atoms with E-state index in [1.807, 2.05) is 41.6 Å². The molecule has 7 N–H and O–H groups in total. The average molecular weight is 669 g/mol. The number of carbonyl (C=O) groups excluding carboxylic acids is 1. The number of phenols is 1. The van der Waals surface area contributed by atoms with E-state index < -0.39 is 24.6 Å². The van der Waals surface area contributed by atoms with E-state index in [2.05, 4.69) is 30.7 Å². The number of ether oxygens (including phenoxy) is 1.